The number of carbonyl (C=O) groups is 4. The molecule has 0 unspecified atom stereocenters. The molecule has 0 spiro atoms. The number of allylic oxidation sites excluding steroid dienone is 8. The molecule has 352 valence electrons. The predicted molar refractivity (Wildman–Crippen MR) is 235 cm³/mol. The van der Waals surface area contributed by atoms with Gasteiger partial charge < -0.3 is 54.5 Å². The molecule has 0 radical (unpaired) electrons. The van der Waals surface area contributed by atoms with Crippen molar-refractivity contribution in [2.24, 2.45) is 35.5 Å². The Morgan fingerprint density at radius 3 is 2.33 bits per heavy atom. The van der Waals surface area contributed by atoms with E-state index in [1.807, 2.05) is 33.8 Å². The zero-order valence-corrected chi connectivity index (χ0v) is 38.6. The third-order valence-electron chi connectivity index (χ3n) is 12.6. The van der Waals surface area contributed by atoms with Crippen LogP contribution < -0.4 is 5.32 Å². The lowest BCUT2D eigenvalue weighted by atomic mass is 9.77. The molecule has 0 aromatic rings. The van der Waals surface area contributed by atoms with Crippen LogP contribution in [-0.4, -0.2) is 112 Å². The molecule has 0 saturated carbocycles. The fraction of sp³-hybridized carbons (Fsp3) is 0.625. The average molecular weight is 886 g/mol. The minimum absolute atomic E-state index is 0.0618. The molecule has 0 aromatic carbocycles. The van der Waals surface area contributed by atoms with E-state index in [0.29, 0.717) is 18.4 Å². The van der Waals surface area contributed by atoms with Crippen LogP contribution in [0.5, 0.6) is 0 Å². The topological polar surface area (TPSA) is 228 Å². The van der Waals surface area contributed by atoms with Crippen molar-refractivity contribution in [1.82, 2.24) is 5.32 Å². The third kappa shape index (κ3) is 14.1. The van der Waals surface area contributed by atoms with Gasteiger partial charge >= 0.3 is 11.9 Å². The Labute approximate surface area is 372 Å². The monoisotopic (exact) mass is 885 g/mol. The maximum Gasteiger partial charge on any atom is 0.373 e. The van der Waals surface area contributed by atoms with Crippen LogP contribution in [0.3, 0.4) is 0 Å². The van der Waals surface area contributed by atoms with Gasteiger partial charge in [-0.05, 0) is 45.6 Å². The van der Waals surface area contributed by atoms with E-state index in [1.165, 1.54) is 20.3 Å². The van der Waals surface area contributed by atoms with Crippen molar-refractivity contribution in [3.8, 4) is 0 Å². The maximum atomic E-state index is 13.9. The van der Waals surface area contributed by atoms with Gasteiger partial charge in [0, 0.05) is 68.1 Å². The van der Waals surface area contributed by atoms with Gasteiger partial charge in [-0.15, -0.1) is 0 Å². The first kappa shape index (κ1) is 53.0. The van der Waals surface area contributed by atoms with Crippen molar-refractivity contribution in [2.75, 3.05) is 14.2 Å². The lowest BCUT2D eigenvalue weighted by Gasteiger charge is -2.48. The van der Waals surface area contributed by atoms with Crippen molar-refractivity contribution in [1.29, 1.82) is 0 Å². The van der Waals surface area contributed by atoms with Gasteiger partial charge in [-0.2, -0.15) is 0 Å². The Bertz CT molecular complexity index is 1830. The van der Waals surface area contributed by atoms with Crippen LogP contribution in [0.2, 0.25) is 0 Å². The zero-order chi connectivity index (χ0) is 47.3. The van der Waals surface area contributed by atoms with Crippen LogP contribution in [-0.2, 0) is 42.9 Å². The number of rotatable bonds is 12. The largest absolute Gasteiger partial charge is 0.510 e. The van der Waals surface area contributed by atoms with E-state index < -0.39 is 95.8 Å². The van der Waals surface area contributed by atoms with Crippen LogP contribution in [0.1, 0.15) is 94.4 Å². The highest BCUT2D eigenvalue weighted by atomic mass is 16.6. The van der Waals surface area contributed by atoms with Crippen molar-refractivity contribution in [2.45, 2.75) is 143 Å². The SMILES string of the molecule is C/C=C\[C@H]1O[C@@](O)([C@@H](C)[C@H](O)[C@H](C)[C@H]2OC(=O)/C(OC)=C\C(C)=C/[C@@H](C)[C@@H](O)[C@@H](CC)[C@@H](O)[C@H](C)C/C(C)=C\C=C/[C@@H]2OC)C[C@@H](OC(=O)/C=C/C(=O)NC2=C(O)CCC2=O)[C@@H]1C. The standard InChI is InChI=1S/C48H71NO14/c1-12-15-36-30(7)39(61-41(53)21-20-40(52)49-42-34(50)18-19-35(42)51)25-48(58,63-36)32(9)45(56)31(8)46-37(59-10)17-14-16-26(3)22-28(5)43(54)33(13-2)44(55)29(6)23-27(4)24-38(60-11)47(57)62-46/h12,14-17,20-21,23-24,28-33,36-37,39,43-46,50,54-56,58H,13,18-19,22,25H2,1-11H3,(H,49,52)/b15-12-,17-14-,21-20+,26-16-,27-23-,38-24+/t28-,29-,30-,31+,32+,33+,36-,37+,39-,43+,44-,45-,46-,48-/m1/s1. The number of hydrogen-bond donors (Lipinski definition) is 6. The van der Waals surface area contributed by atoms with Crippen LogP contribution in [0.25, 0.3) is 0 Å². The number of aliphatic hydroxyl groups is 5. The molecule has 3 aliphatic rings. The molecule has 3 rings (SSSR count). The summed E-state index contributed by atoms with van der Waals surface area (Å²) in [5.74, 6) is -8.99. The molecule has 6 N–H and O–H groups in total. The van der Waals surface area contributed by atoms with E-state index in [9.17, 15) is 44.7 Å². The molecular weight excluding hydrogens is 815 g/mol. The lowest BCUT2D eigenvalue weighted by Crippen LogP contribution is -2.58. The Balaban J connectivity index is 1.97. The highest BCUT2D eigenvalue weighted by molar-refractivity contribution is 6.04. The number of cyclic esters (lactones) is 1. The minimum Gasteiger partial charge on any atom is -0.510 e. The molecule has 1 amide bonds. The van der Waals surface area contributed by atoms with E-state index >= 15 is 0 Å². The molecule has 1 fully saturated rings. The van der Waals surface area contributed by atoms with E-state index in [0.717, 1.165) is 17.7 Å². The van der Waals surface area contributed by atoms with Gasteiger partial charge in [0.25, 0.3) is 0 Å². The summed E-state index contributed by atoms with van der Waals surface area (Å²) in [5.41, 5.74) is 1.32. The van der Waals surface area contributed by atoms with E-state index in [4.69, 9.17) is 23.7 Å². The highest BCUT2D eigenvalue weighted by Gasteiger charge is 2.52. The summed E-state index contributed by atoms with van der Waals surface area (Å²) in [6.45, 7) is 16.1. The molecule has 1 saturated heterocycles. The number of ether oxygens (including phenoxy) is 5. The second-order valence-corrected chi connectivity index (χ2v) is 17.4. The van der Waals surface area contributed by atoms with Crippen molar-refractivity contribution in [3.63, 3.8) is 0 Å². The van der Waals surface area contributed by atoms with E-state index in [2.05, 4.69) is 5.32 Å². The Morgan fingerprint density at radius 1 is 1.06 bits per heavy atom. The van der Waals surface area contributed by atoms with Gasteiger partial charge in [0.2, 0.25) is 11.7 Å². The number of ketones is 1. The number of amides is 1. The number of methoxy groups -OCH3 is 2. The smallest absolute Gasteiger partial charge is 0.373 e. The first-order valence-electron chi connectivity index (χ1n) is 21.9. The molecular formula is C48H71NO14. The first-order chi connectivity index (χ1) is 29.6. The van der Waals surface area contributed by atoms with Gasteiger partial charge in [0.05, 0.1) is 31.5 Å². The molecule has 0 aromatic heterocycles. The quantitative estimate of drug-likeness (QED) is 0.0825. The molecule has 2 aliphatic heterocycles. The Morgan fingerprint density at radius 2 is 1.75 bits per heavy atom. The predicted octanol–water partition coefficient (Wildman–Crippen LogP) is 5.36. The van der Waals surface area contributed by atoms with Gasteiger partial charge in [0.15, 0.2) is 11.6 Å². The summed E-state index contributed by atoms with van der Waals surface area (Å²) >= 11 is 0. The Hall–Kier alpha value is -4.38. The zero-order valence-electron chi connectivity index (χ0n) is 38.6. The van der Waals surface area contributed by atoms with Crippen LogP contribution in [0.15, 0.2) is 83.0 Å². The fourth-order valence-electron chi connectivity index (χ4n) is 8.59. The van der Waals surface area contributed by atoms with Crippen LogP contribution in [0, 0.1) is 35.5 Å². The summed E-state index contributed by atoms with van der Waals surface area (Å²) in [4.78, 5) is 51.4. The number of carbonyl (C=O) groups excluding carboxylic acids is 4. The fourth-order valence-corrected chi connectivity index (χ4v) is 8.59. The summed E-state index contributed by atoms with van der Waals surface area (Å²) in [6, 6.07) is 0. The van der Waals surface area contributed by atoms with Crippen molar-refractivity contribution in [3.05, 3.63) is 83.0 Å². The summed E-state index contributed by atoms with van der Waals surface area (Å²) in [5, 5.41) is 59.2. The molecule has 1 aliphatic carbocycles. The molecule has 15 heteroatoms. The van der Waals surface area contributed by atoms with Crippen LogP contribution >= 0.6 is 0 Å². The van der Waals surface area contributed by atoms with Gasteiger partial charge in [-0.3, -0.25) is 9.59 Å². The minimum atomic E-state index is -2.10. The number of aliphatic hydroxyl groups excluding tert-OH is 4. The second-order valence-electron chi connectivity index (χ2n) is 17.4. The lowest BCUT2D eigenvalue weighted by molar-refractivity contribution is -0.314. The summed E-state index contributed by atoms with van der Waals surface area (Å²) in [7, 11) is 2.75. The maximum absolute atomic E-state index is 13.9. The van der Waals surface area contributed by atoms with Gasteiger partial charge in [0.1, 0.15) is 29.8 Å². The molecule has 15 nitrogen and oxygen atoms in total. The highest BCUT2D eigenvalue weighted by Crippen LogP contribution is 2.41. The average Bonchev–Trinajstić information content (AvgIpc) is 3.55. The van der Waals surface area contributed by atoms with E-state index in [1.54, 1.807) is 65.0 Å². The molecule has 2 heterocycles. The number of Topliss-reactive ketones (excluding diaryl/α,β-unsaturated/α-hetero) is 1. The number of nitrogens with one attached hydrogen (secondary N) is 1. The van der Waals surface area contributed by atoms with Crippen molar-refractivity contribution >= 4 is 23.6 Å². The second kappa shape index (κ2) is 24.1. The van der Waals surface area contributed by atoms with Crippen molar-refractivity contribution < 1.29 is 68.4 Å². The molecule has 14 atom stereocenters. The number of hydrogen-bond acceptors (Lipinski definition) is 14. The first-order valence-corrected chi connectivity index (χ1v) is 21.9. The van der Waals surface area contributed by atoms with Gasteiger partial charge in [-0.1, -0.05) is 89.1 Å². The van der Waals surface area contributed by atoms with Gasteiger partial charge in [-0.25, -0.2) is 9.59 Å². The summed E-state index contributed by atoms with van der Waals surface area (Å²) < 4.78 is 29.5. The Kier molecular flexibility index (Phi) is 20.2. The normalized spacial score (nSPS) is 36.4. The summed E-state index contributed by atoms with van der Waals surface area (Å²) in [6.07, 6.45) is 7.80. The molecule has 0 bridgehead atoms. The van der Waals surface area contributed by atoms with E-state index in [-0.39, 0.29) is 48.3 Å². The van der Waals surface area contributed by atoms with Crippen LogP contribution in [0.4, 0.5) is 0 Å². The third-order valence-corrected chi connectivity index (χ3v) is 12.6. The number of esters is 2. The molecule has 63 heavy (non-hydrogen) atoms.